The van der Waals surface area contributed by atoms with Crippen LogP contribution < -0.4 is 10.5 Å². The number of hydrogen-bond acceptors (Lipinski definition) is 7. The first-order valence-electron chi connectivity index (χ1n) is 10.9. The predicted molar refractivity (Wildman–Crippen MR) is 111 cm³/mol. The smallest absolute Gasteiger partial charge is 0.387 e. The van der Waals surface area contributed by atoms with Crippen LogP contribution in [0.2, 0.25) is 0 Å². The number of piperidine rings is 1. The van der Waals surface area contributed by atoms with Crippen LogP contribution in [-0.2, 0) is 0 Å². The first-order chi connectivity index (χ1) is 14.9. The number of nitrogen functional groups attached to an aromatic ring is 1. The topological polar surface area (TPSA) is 97.4 Å². The van der Waals surface area contributed by atoms with Crippen LogP contribution in [0.15, 0.2) is 18.3 Å². The molecule has 0 aromatic carbocycles. The average molecular weight is 431 g/mol. The van der Waals surface area contributed by atoms with E-state index in [1.54, 1.807) is 6.20 Å². The molecule has 31 heavy (non-hydrogen) atoms. The Morgan fingerprint density at radius 3 is 2.61 bits per heavy atom. The lowest BCUT2D eigenvalue weighted by molar-refractivity contribution is -0.0494. The van der Waals surface area contributed by atoms with Crippen molar-refractivity contribution >= 4 is 5.82 Å². The van der Waals surface area contributed by atoms with Gasteiger partial charge in [-0.15, -0.1) is 0 Å². The Hall–Kier alpha value is -2.39. The van der Waals surface area contributed by atoms with Crippen LogP contribution in [0.5, 0.6) is 5.75 Å². The third kappa shape index (κ3) is 4.21. The zero-order valence-corrected chi connectivity index (χ0v) is 17.4. The fourth-order valence-electron chi connectivity index (χ4n) is 4.81. The number of aliphatic hydroxyl groups is 1. The molecular weight excluding hydrogens is 404 g/mol. The Kier molecular flexibility index (Phi) is 5.26. The second-order valence-electron chi connectivity index (χ2n) is 9.16. The SMILES string of the molecule is C[C@H](CO)CN1C[C@@H]2C(c3cc(-c4cnc(N)c(OC(F)F)c4)nc(C4CC4)n3)[C@@H]2C1. The van der Waals surface area contributed by atoms with Crippen molar-refractivity contribution in [2.24, 2.45) is 17.8 Å². The molecule has 1 unspecified atom stereocenters. The summed E-state index contributed by atoms with van der Waals surface area (Å²) in [5, 5.41) is 9.31. The molecule has 3 heterocycles. The van der Waals surface area contributed by atoms with Crippen LogP contribution in [0.1, 0.15) is 43.1 Å². The molecule has 2 aromatic rings. The van der Waals surface area contributed by atoms with Crippen LogP contribution in [0.3, 0.4) is 0 Å². The molecule has 2 saturated carbocycles. The second kappa shape index (κ2) is 7.94. The number of aromatic nitrogens is 3. The van der Waals surface area contributed by atoms with Crippen molar-refractivity contribution in [3.05, 3.63) is 29.8 Å². The van der Waals surface area contributed by atoms with Crippen molar-refractivity contribution in [1.82, 2.24) is 19.9 Å². The Labute approximate surface area is 179 Å². The van der Waals surface area contributed by atoms with E-state index < -0.39 is 6.61 Å². The van der Waals surface area contributed by atoms with Crippen molar-refractivity contribution in [2.75, 3.05) is 32.0 Å². The van der Waals surface area contributed by atoms with Crippen LogP contribution in [0.4, 0.5) is 14.6 Å². The lowest BCUT2D eigenvalue weighted by atomic mass is 10.1. The molecule has 2 aromatic heterocycles. The minimum absolute atomic E-state index is 0.0744. The summed E-state index contributed by atoms with van der Waals surface area (Å²) in [7, 11) is 0. The maximum atomic E-state index is 12.7. The highest BCUT2D eigenvalue weighted by Crippen LogP contribution is 2.58. The molecule has 3 fully saturated rings. The summed E-state index contributed by atoms with van der Waals surface area (Å²) in [5.41, 5.74) is 7.99. The van der Waals surface area contributed by atoms with Crippen LogP contribution >= 0.6 is 0 Å². The third-order valence-electron chi connectivity index (χ3n) is 6.59. The van der Waals surface area contributed by atoms with Gasteiger partial charge in [0.05, 0.1) is 5.69 Å². The Bertz CT molecular complexity index is 959. The van der Waals surface area contributed by atoms with E-state index in [1.165, 1.54) is 6.07 Å². The van der Waals surface area contributed by atoms with Gasteiger partial charge in [0.15, 0.2) is 11.6 Å². The number of halogens is 2. The van der Waals surface area contributed by atoms with Crippen LogP contribution in [0, 0.1) is 17.8 Å². The van der Waals surface area contributed by atoms with E-state index in [2.05, 4.69) is 21.5 Å². The second-order valence-corrected chi connectivity index (χ2v) is 9.16. The summed E-state index contributed by atoms with van der Waals surface area (Å²) in [5.74, 6) is 2.82. The number of hydrogen-bond donors (Lipinski definition) is 2. The van der Waals surface area contributed by atoms with Gasteiger partial charge in [-0.1, -0.05) is 6.92 Å². The fraction of sp³-hybridized carbons (Fsp3) is 0.591. The molecule has 0 spiro atoms. The number of alkyl halides is 2. The summed E-state index contributed by atoms with van der Waals surface area (Å²) >= 11 is 0. The van der Waals surface area contributed by atoms with Gasteiger partial charge in [0, 0.05) is 55.5 Å². The van der Waals surface area contributed by atoms with Crippen molar-refractivity contribution in [3.8, 4) is 17.0 Å². The predicted octanol–water partition coefficient (Wildman–Crippen LogP) is 2.87. The number of nitrogens with zero attached hydrogens (tertiary/aromatic N) is 4. The molecule has 166 valence electrons. The molecule has 9 heteroatoms. The quantitative estimate of drug-likeness (QED) is 0.663. The van der Waals surface area contributed by atoms with E-state index in [1.807, 2.05) is 6.07 Å². The summed E-state index contributed by atoms with van der Waals surface area (Å²) in [6, 6.07) is 3.44. The van der Waals surface area contributed by atoms with E-state index in [0.717, 1.165) is 44.0 Å². The normalized spacial score (nSPS) is 26.2. The molecule has 4 atom stereocenters. The van der Waals surface area contributed by atoms with Crippen LogP contribution in [-0.4, -0.2) is 57.8 Å². The molecule has 7 nitrogen and oxygen atoms in total. The maximum absolute atomic E-state index is 12.7. The number of anilines is 1. The van der Waals surface area contributed by atoms with Crippen LogP contribution in [0.25, 0.3) is 11.3 Å². The molecule has 3 N–H and O–H groups in total. The molecule has 2 aliphatic carbocycles. The lowest BCUT2D eigenvalue weighted by Crippen LogP contribution is -2.30. The van der Waals surface area contributed by atoms with Gasteiger partial charge in [-0.25, -0.2) is 15.0 Å². The van der Waals surface area contributed by atoms with Crippen molar-refractivity contribution in [1.29, 1.82) is 0 Å². The van der Waals surface area contributed by atoms with Gasteiger partial charge in [-0.2, -0.15) is 8.78 Å². The van der Waals surface area contributed by atoms with Gasteiger partial charge in [0.2, 0.25) is 0 Å². The number of likely N-dealkylation sites (tertiary alicyclic amines) is 1. The van der Waals surface area contributed by atoms with E-state index >= 15 is 0 Å². The summed E-state index contributed by atoms with van der Waals surface area (Å²) in [4.78, 5) is 16.1. The Balaban J connectivity index is 1.39. The first-order valence-corrected chi connectivity index (χ1v) is 10.9. The van der Waals surface area contributed by atoms with Gasteiger partial charge in [-0.3, -0.25) is 0 Å². The first kappa shape index (κ1) is 20.5. The number of nitrogens with two attached hydrogens (primary N) is 1. The molecule has 3 aliphatic rings. The number of pyridine rings is 1. The standard InChI is InChI=1S/C22H27F2N5O2/c1-11(10-30)7-29-8-14-15(9-29)19(14)17-5-16(27-21(28-17)12-2-3-12)13-4-18(31-22(23)24)20(25)26-6-13/h4-6,11-12,14-15,19,22,30H,2-3,7-10H2,1H3,(H2,25,26)/t11-,14-,15+,19?/m0/s1. The highest BCUT2D eigenvalue weighted by atomic mass is 19.3. The minimum atomic E-state index is -2.97. The molecule has 0 bridgehead atoms. The fourth-order valence-corrected chi connectivity index (χ4v) is 4.81. The van der Waals surface area contributed by atoms with E-state index in [4.69, 9.17) is 15.7 Å². The van der Waals surface area contributed by atoms with Crippen molar-refractivity contribution in [2.45, 2.75) is 38.2 Å². The highest BCUT2D eigenvalue weighted by molar-refractivity contribution is 5.64. The molecule has 1 saturated heterocycles. The summed E-state index contributed by atoms with van der Waals surface area (Å²) < 4.78 is 29.9. The minimum Gasteiger partial charge on any atom is -0.431 e. The van der Waals surface area contributed by atoms with Gasteiger partial charge in [0.25, 0.3) is 0 Å². The summed E-state index contributed by atoms with van der Waals surface area (Å²) in [6.07, 6.45) is 3.70. The van der Waals surface area contributed by atoms with Gasteiger partial charge >= 0.3 is 6.61 Å². The number of rotatable bonds is 8. The van der Waals surface area contributed by atoms with E-state index in [-0.39, 0.29) is 24.1 Å². The number of fused-ring (bicyclic) bond motifs is 1. The summed E-state index contributed by atoms with van der Waals surface area (Å²) in [6.45, 7) is 2.27. The molecule has 1 aliphatic heterocycles. The monoisotopic (exact) mass is 431 g/mol. The zero-order valence-electron chi connectivity index (χ0n) is 17.4. The van der Waals surface area contributed by atoms with Gasteiger partial charge in [0.1, 0.15) is 5.82 Å². The Morgan fingerprint density at radius 1 is 1.23 bits per heavy atom. The number of aliphatic hydroxyl groups excluding tert-OH is 1. The van der Waals surface area contributed by atoms with Gasteiger partial charge in [-0.05, 0) is 42.7 Å². The molecule has 5 rings (SSSR count). The molecule has 0 amide bonds. The van der Waals surface area contributed by atoms with E-state index in [9.17, 15) is 13.9 Å². The molecular formula is C22H27F2N5O2. The molecule has 0 radical (unpaired) electrons. The van der Waals surface area contributed by atoms with Crippen molar-refractivity contribution < 1.29 is 18.6 Å². The Morgan fingerprint density at radius 2 is 1.97 bits per heavy atom. The number of ether oxygens (including phenoxy) is 1. The van der Waals surface area contributed by atoms with E-state index in [0.29, 0.717) is 34.9 Å². The maximum Gasteiger partial charge on any atom is 0.387 e. The lowest BCUT2D eigenvalue weighted by Gasteiger charge is -2.22. The van der Waals surface area contributed by atoms with Gasteiger partial charge < -0.3 is 20.5 Å². The largest absolute Gasteiger partial charge is 0.431 e. The zero-order chi connectivity index (χ0) is 21.7. The third-order valence-corrected chi connectivity index (χ3v) is 6.59. The van der Waals surface area contributed by atoms with Crippen molar-refractivity contribution in [3.63, 3.8) is 0 Å². The average Bonchev–Trinajstić information content (AvgIpc) is 3.66. The highest BCUT2D eigenvalue weighted by Gasteiger charge is 2.57.